The van der Waals surface area contributed by atoms with Gasteiger partial charge in [-0.3, -0.25) is 9.69 Å². The van der Waals surface area contributed by atoms with Crippen molar-refractivity contribution >= 4 is 33.6 Å². The van der Waals surface area contributed by atoms with Gasteiger partial charge in [0.2, 0.25) is 0 Å². The maximum Gasteiger partial charge on any atom is 0.409 e. The maximum atomic E-state index is 12.7. The minimum atomic E-state index is -0.433. The van der Waals surface area contributed by atoms with Crippen molar-refractivity contribution in [2.75, 3.05) is 39.4 Å². The van der Waals surface area contributed by atoms with Gasteiger partial charge in [-0.05, 0) is 33.3 Å². The Bertz CT molecular complexity index is 961. The molecule has 1 N–H and O–H groups in total. The summed E-state index contributed by atoms with van der Waals surface area (Å²) in [6, 6.07) is -0.134. The number of rotatable bonds is 5. The normalized spacial score (nSPS) is 16.1. The lowest BCUT2D eigenvalue weighted by molar-refractivity contribution is 0.0531. The van der Waals surface area contributed by atoms with Crippen molar-refractivity contribution in [3.8, 4) is 0 Å². The summed E-state index contributed by atoms with van der Waals surface area (Å²) in [6.45, 7) is 10.3. The molecule has 29 heavy (non-hydrogen) atoms. The van der Waals surface area contributed by atoms with Crippen LogP contribution in [-0.2, 0) is 9.47 Å². The molecule has 0 bridgehead atoms. The molecule has 0 aliphatic carbocycles. The fourth-order valence-electron chi connectivity index (χ4n) is 3.43. The molecule has 0 aromatic carbocycles. The second-order valence-corrected chi connectivity index (χ2v) is 7.80. The number of H-pyrrole nitrogens is 1. The minimum Gasteiger partial charge on any atom is -0.462 e. The molecule has 1 aliphatic rings. The van der Waals surface area contributed by atoms with Crippen LogP contribution < -0.4 is 5.56 Å². The van der Waals surface area contributed by atoms with E-state index in [1.54, 1.807) is 25.7 Å². The number of aromatic amines is 1. The van der Waals surface area contributed by atoms with Gasteiger partial charge in [0.25, 0.3) is 5.56 Å². The van der Waals surface area contributed by atoms with E-state index in [2.05, 4.69) is 14.9 Å². The average molecular weight is 423 g/mol. The molecular weight excluding hydrogens is 396 g/mol. The van der Waals surface area contributed by atoms with Crippen LogP contribution in [0.25, 0.3) is 10.2 Å². The van der Waals surface area contributed by atoms with Crippen LogP contribution in [0.1, 0.15) is 47.9 Å². The molecule has 1 fully saturated rings. The number of carbonyl (C=O) groups is 2. The number of aromatic nitrogens is 2. The van der Waals surface area contributed by atoms with Gasteiger partial charge in [0.05, 0.1) is 24.6 Å². The number of ether oxygens (including phenoxy) is 2. The largest absolute Gasteiger partial charge is 0.462 e. The van der Waals surface area contributed by atoms with Crippen LogP contribution in [0, 0.1) is 6.92 Å². The van der Waals surface area contributed by atoms with Gasteiger partial charge in [-0.2, -0.15) is 0 Å². The summed E-state index contributed by atoms with van der Waals surface area (Å²) >= 11 is 1.18. The number of fused-ring (bicyclic) bond motifs is 1. The number of aryl methyl sites for hydroxylation is 1. The topological polar surface area (TPSA) is 105 Å². The SMILES string of the molecule is CCOC(=O)c1sc2nc(C(C)N3CCN(C(=O)OCC)CC3)[nH]c(=O)c2c1C. The lowest BCUT2D eigenvalue weighted by atomic mass is 10.2. The van der Waals surface area contributed by atoms with Crippen molar-refractivity contribution in [1.29, 1.82) is 0 Å². The third-order valence-electron chi connectivity index (χ3n) is 5.06. The van der Waals surface area contributed by atoms with Crippen LogP contribution in [-0.4, -0.2) is 71.2 Å². The van der Waals surface area contributed by atoms with Crippen LogP contribution in [0.2, 0.25) is 0 Å². The Labute approximate surface area is 172 Å². The Morgan fingerprint density at radius 1 is 1.17 bits per heavy atom. The fraction of sp³-hybridized carbons (Fsp3) is 0.579. The van der Waals surface area contributed by atoms with Crippen LogP contribution in [0.4, 0.5) is 4.79 Å². The van der Waals surface area contributed by atoms with Gasteiger partial charge in [-0.25, -0.2) is 14.6 Å². The summed E-state index contributed by atoms with van der Waals surface area (Å²) in [7, 11) is 0. The molecule has 3 heterocycles. The molecular formula is C19H26N4O5S. The first kappa shape index (κ1) is 21.3. The van der Waals surface area contributed by atoms with E-state index in [1.165, 1.54) is 11.3 Å². The molecule has 1 saturated heterocycles. The molecule has 1 unspecified atom stereocenters. The molecule has 9 nitrogen and oxygen atoms in total. The van der Waals surface area contributed by atoms with Crippen LogP contribution in [0.5, 0.6) is 0 Å². The number of amides is 1. The molecule has 0 radical (unpaired) electrons. The van der Waals surface area contributed by atoms with Crippen molar-refractivity contribution in [3.63, 3.8) is 0 Å². The summed E-state index contributed by atoms with van der Waals surface area (Å²) in [5, 5.41) is 0.432. The van der Waals surface area contributed by atoms with Crippen molar-refractivity contribution < 1.29 is 19.1 Å². The van der Waals surface area contributed by atoms with E-state index in [4.69, 9.17) is 9.47 Å². The van der Waals surface area contributed by atoms with Gasteiger partial charge in [0.1, 0.15) is 15.5 Å². The number of hydrogen-bond donors (Lipinski definition) is 1. The number of carbonyl (C=O) groups excluding carboxylic acids is 2. The molecule has 2 aromatic heterocycles. The summed E-state index contributed by atoms with van der Waals surface area (Å²) < 4.78 is 10.1. The second-order valence-electron chi connectivity index (χ2n) is 6.81. The van der Waals surface area contributed by atoms with Gasteiger partial charge in [-0.15, -0.1) is 11.3 Å². The first-order chi connectivity index (χ1) is 13.9. The van der Waals surface area contributed by atoms with E-state index in [-0.39, 0.29) is 24.3 Å². The van der Waals surface area contributed by atoms with Crippen molar-refractivity contribution in [1.82, 2.24) is 19.8 Å². The summed E-state index contributed by atoms with van der Waals surface area (Å²) in [5.74, 6) is 0.112. The fourth-order valence-corrected chi connectivity index (χ4v) is 4.51. The van der Waals surface area contributed by atoms with Crippen molar-refractivity contribution in [2.24, 2.45) is 0 Å². The molecule has 3 rings (SSSR count). The van der Waals surface area contributed by atoms with Gasteiger partial charge >= 0.3 is 12.1 Å². The standard InChI is InChI=1S/C19H26N4O5S/c1-5-27-18(25)14-11(3)13-16(24)20-15(21-17(13)29-14)12(4)22-7-9-23(10-8-22)19(26)28-6-2/h12H,5-10H2,1-4H3,(H,20,21,24). The van der Waals surface area contributed by atoms with Crippen molar-refractivity contribution in [3.05, 3.63) is 26.6 Å². The van der Waals surface area contributed by atoms with E-state index in [9.17, 15) is 14.4 Å². The van der Waals surface area contributed by atoms with Gasteiger partial charge in [0.15, 0.2) is 0 Å². The Kier molecular flexibility index (Phi) is 6.53. The quantitative estimate of drug-likeness (QED) is 0.737. The average Bonchev–Trinajstić information content (AvgIpc) is 3.05. The molecule has 0 saturated carbocycles. The molecule has 1 amide bonds. The van der Waals surface area contributed by atoms with E-state index >= 15 is 0 Å². The third-order valence-corrected chi connectivity index (χ3v) is 6.23. The van der Waals surface area contributed by atoms with Gasteiger partial charge < -0.3 is 19.4 Å². The zero-order chi connectivity index (χ0) is 21.1. The Hall–Kier alpha value is -2.46. The molecule has 0 spiro atoms. The van der Waals surface area contributed by atoms with Gasteiger partial charge in [0, 0.05) is 26.2 Å². The Balaban J connectivity index is 1.80. The molecule has 1 atom stereocenters. The van der Waals surface area contributed by atoms with Crippen LogP contribution in [0.3, 0.4) is 0 Å². The zero-order valence-electron chi connectivity index (χ0n) is 17.1. The molecule has 158 valence electrons. The predicted octanol–water partition coefficient (Wildman–Crippen LogP) is 2.30. The smallest absolute Gasteiger partial charge is 0.409 e. The number of thiophene rings is 1. The van der Waals surface area contributed by atoms with E-state index in [0.717, 1.165) is 0 Å². The molecule has 10 heteroatoms. The summed E-state index contributed by atoms with van der Waals surface area (Å²) in [5.41, 5.74) is 0.339. The number of nitrogens with zero attached hydrogens (tertiary/aromatic N) is 3. The lowest BCUT2D eigenvalue weighted by Crippen LogP contribution is -2.49. The molecule has 2 aromatic rings. The maximum absolute atomic E-state index is 12.7. The number of piperazine rings is 1. The third kappa shape index (κ3) is 4.27. The van der Waals surface area contributed by atoms with E-state index in [0.29, 0.717) is 59.3 Å². The zero-order valence-corrected chi connectivity index (χ0v) is 17.9. The lowest BCUT2D eigenvalue weighted by Gasteiger charge is -2.36. The highest BCUT2D eigenvalue weighted by Crippen LogP contribution is 2.29. The van der Waals surface area contributed by atoms with E-state index < -0.39 is 5.97 Å². The minimum absolute atomic E-state index is 0.134. The van der Waals surface area contributed by atoms with Crippen LogP contribution >= 0.6 is 11.3 Å². The first-order valence-electron chi connectivity index (χ1n) is 9.73. The summed E-state index contributed by atoms with van der Waals surface area (Å²) in [6.07, 6.45) is -0.298. The van der Waals surface area contributed by atoms with Crippen LogP contribution in [0.15, 0.2) is 4.79 Å². The highest BCUT2D eigenvalue weighted by Gasteiger charge is 2.27. The Morgan fingerprint density at radius 2 is 1.83 bits per heavy atom. The highest BCUT2D eigenvalue weighted by molar-refractivity contribution is 7.20. The molecule has 1 aliphatic heterocycles. The van der Waals surface area contributed by atoms with Gasteiger partial charge in [-0.1, -0.05) is 0 Å². The number of nitrogens with one attached hydrogen (secondary N) is 1. The monoisotopic (exact) mass is 422 g/mol. The predicted molar refractivity (Wildman–Crippen MR) is 110 cm³/mol. The van der Waals surface area contributed by atoms with E-state index in [1.807, 2.05) is 6.92 Å². The number of esters is 1. The first-order valence-corrected chi connectivity index (χ1v) is 10.5. The second kappa shape index (κ2) is 8.91. The summed E-state index contributed by atoms with van der Waals surface area (Å²) in [4.78, 5) is 49.0. The Morgan fingerprint density at radius 3 is 2.45 bits per heavy atom. The highest BCUT2D eigenvalue weighted by atomic mass is 32.1. The number of hydrogen-bond acceptors (Lipinski definition) is 8. The van der Waals surface area contributed by atoms with Crippen molar-refractivity contribution in [2.45, 2.75) is 33.7 Å².